The van der Waals surface area contributed by atoms with Gasteiger partial charge in [-0.3, -0.25) is 14.5 Å². The molecule has 2 aliphatic rings. The quantitative estimate of drug-likeness (QED) is 0.864. The van der Waals surface area contributed by atoms with Gasteiger partial charge in [0.25, 0.3) is 11.8 Å². The summed E-state index contributed by atoms with van der Waals surface area (Å²) in [5, 5.41) is 5.78. The van der Waals surface area contributed by atoms with Gasteiger partial charge in [0, 0.05) is 18.2 Å². The number of benzene rings is 1. The fourth-order valence-electron chi connectivity index (χ4n) is 3.37. The van der Waals surface area contributed by atoms with E-state index in [1.807, 2.05) is 0 Å². The molecule has 1 saturated heterocycles. The number of hydrogen-bond acceptors (Lipinski definition) is 4. The summed E-state index contributed by atoms with van der Waals surface area (Å²) in [6.45, 7) is 7.26. The molecule has 6 nitrogen and oxygen atoms in total. The molecule has 2 amide bonds. The number of nitrogens with zero attached hydrogens (tertiary/aromatic N) is 1. The smallest absolute Gasteiger partial charge is 0.262 e. The van der Waals surface area contributed by atoms with Gasteiger partial charge in [0.05, 0.1) is 5.69 Å². The van der Waals surface area contributed by atoms with Crippen LogP contribution in [0.2, 0.25) is 0 Å². The van der Waals surface area contributed by atoms with Crippen molar-refractivity contribution in [1.29, 1.82) is 0 Å². The number of carbonyl (C=O) groups is 2. The molecule has 0 saturated carbocycles. The Morgan fingerprint density at radius 3 is 2.79 bits per heavy atom. The molecule has 2 heterocycles. The van der Waals surface area contributed by atoms with Crippen LogP contribution in [-0.4, -0.2) is 49.0 Å². The molecule has 1 aromatic carbocycles. The predicted molar refractivity (Wildman–Crippen MR) is 92.3 cm³/mol. The first-order valence-corrected chi connectivity index (χ1v) is 8.63. The van der Waals surface area contributed by atoms with Gasteiger partial charge in [-0.2, -0.15) is 0 Å². The lowest BCUT2D eigenvalue weighted by Gasteiger charge is -2.31. The van der Waals surface area contributed by atoms with Crippen LogP contribution in [0.25, 0.3) is 0 Å². The first-order chi connectivity index (χ1) is 11.5. The van der Waals surface area contributed by atoms with Crippen LogP contribution in [0.4, 0.5) is 5.69 Å². The summed E-state index contributed by atoms with van der Waals surface area (Å²) in [6.07, 6.45) is 2.48. The second kappa shape index (κ2) is 7.21. The number of nitrogens with one attached hydrogen (secondary N) is 2. The maximum absolute atomic E-state index is 12.5. The molecule has 0 aliphatic carbocycles. The number of likely N-dealkylation sites (tertiary alicyclic amines) is 1. The highest BCUT2D eigenvalue weighted by atomic mass is 16.5. The Labute approximate surface area is 142 Å². The summed E-state index contributed by atoms with van der Waals surface area (Å²) >= 11 is 0. The van der Waals surface area contributed by atoms with Gasteiger partial charge in [0.2, 0.25) is 0 Å². The summed E-state index contributed by atoms with van der Waals surface area (Å²) in [5.74, 6) is 0.751. The minimum atomic E-state index is -0.176. The molecule has 3 rings (SSSR count). The fourth-order valence-corrected chi connectivity index (χ4v) is 3.37. The minimum absolute atomic E-state index is 0.0115. The van der Waals surface area contributed by atoms with Gasteiger partial charge < -0.3 is 15.4 Å². The first kappa shape index (κ1) is 16.8. The van der Waals surface area contributed by atoms with Crippen molar-refractivity contribution in [1.82, 2.24) is 10.2 Å². The largest absolute Gasteiger partial charge is 0.482 e. The Bertz CT molecular complexity index is 624. The van der Waals surface area contributed by atoms with Gasteiger partial charge in [0.15, 0.2) is 6.61 Å². The van der Waals surface area contributed by atoms with Crippen molar-refractivity contribution >= 4 is 17.5 Å². The van der Waals surface area contributed by atoms with Crippen molar-refractivity contribution in [2.75, 3.05) is 31.6 Å². The second-order valence-electron chi connectivity index (χ2n) is 6.81. The SMILES string of the molecule is CC(C)[C@@H](CNC(=O)c1ccc2c(c1)OCC(=O)N2)N1CCCC1. The molecule has 2 N–H and O–H groups in total. The highest BCUT2D eigenvalue weighted by Crippen LogP contribution is 2.28. The van der Waals surface area contributed by atoms with E-state index in [1.54, 1.807) is 18.2 Å². The predicted octanol–water partition coefficient (Wildman–Crippen LogP) is 1.87. The average Bonchev–Trinajstić information content (AvgIpc) is 3.08. The van der Waals surface area contributed by atoms with E-state index in [2.05, 4.69) is 29.4 Å². The number of amides is 2. The average molecular weight is 331 g/mol. The molecule has 1 atom stereocenters. The summed E-state index contributed by atoms with van der Waals surface area (Å²) in [7, 11) is 0. The van der Waals surface area contributed by atoms with Crippen LogP contribution in [0.5, 0.6) is 5.75 Å². The minimum Gasteiger partial charge on any atom is -0.482 e. The normalized spacial score (nSPS) is 18.7. The van der Waals surface area contributed by atoms with Crippen LogP contribution in [0.15, 0.2) is 18.2 Å². The van der Waals surface area contributed by atoms with Crippen LogP contribution in [0, 0.1) is 5.92 Å². The van der Waals surface area contributed by atoms with Crippen molar-refractivity contribution in [2.24, 2.45) is 5.92 Å². The lowest BCUT2D eigenvalue weighted by Crippen LogP contribution is -2.45. The Balaban J connectivity index is 1.63. The van der Waals surface area contributed by atoms with Gasteiger partial charge >= 0.3 is 0 Å². The van der Waals surface area contributed by atoms with E-state index < -0.39 is 0 Å². The summed E-state index contributed by atoms with van der Waals surface area (Å²) in [4.78, 5) is 26.2. The highest BCUT2D eigenvalue weighted by Gasteiger charge is 2.25. The zero-order valence-electron chi connectivity index (χ0n) is 14.3. The molecular weight excluding hydrogens is 306 g/mol. The molecule has 2 aliphatic heterocycles. The van der Waals surface area contributed by atoms with Crippen LogP contribution in [0.3, 0.4) is 0 Å². The van der Waals surface area contributed by atoms with E-state index in [9.17, 15) is 9.59 Å². The van der Waals surface area contributed by atoms with Crippen LogP contribution in [0.1, 0.15) is 37.0 Å². The van der Waals surface area contributed by atoms with Gasteiger partial charge in [-0.25, -0.2) is 0 Å². The van der Waals surface area contributed by atoms with Crippen molar-refractivity contribution < 1.29 is 14.3 Å². The Hall–Kier alpha value is -2.08. The van der Waals surface area contributed by atoms with E-state index >= 15 is 0 Å². The van der Waals surface area contributed by atoms with Crippen LogP contribution < -0.4 is 15.4 Å². The molecule has 130 valence electrons. The molecule has 0 unspecified atom stereocenters. The first-order valence-electron chi connectivity index (χ1n) is 8.63. The maximum atomic E-state index is 12.5. The molecule has 1 aromatic rings. The topological polar surface area (TPSA) is 70.7 Å². The van der Waals surface area contributed by atoms with E-state index in [0.29, 0.717) is 35.5 Å². The summed E-state index contributed by atoms with van der Waals surface area (Å²) in [6, 6.07) is 5.47. The number of hydrogen-bond donors (Lipinski definition) is 2. The number of carbonyl (C=O) groups excluding carboxylic acids is 2. The van der Waals surface area contributed by atoms with Gasteiger partial charge in [-0.15, -0.1) is 0 Å². The lowest BCUT2D eigenvalue weighted by atomic mass is 10.0. The number of fused-ring (bicyclic) bond motifs is 1. The Kier molecular flexibility index (Phi) is 5.04. The summed E-state index contributed by atoms with van der Waals surface area (Å²) < 4.78 is 5.37. The van der Waals surface area contributed by atoms with E-state index in [1.165, 1.54) is 12.8 Å². The van der Waals surface area contributed by atoms with E-state index in [4.69, 9.17) is 4.74 Å². The highest BCUT2D eigenvalue weighted by molar-refractivity contribution is 5.98. The van der Waals surface area contributed by atoms with Crippen molar-refractivity contribution in [3.05, 3.63) is 23.8 Å². The molecule has 0 radical (unpaired) electrons. The number of rotatable bonds is 5. The van der Waals surface area contributed by atoms with Gasteiger partial charge in [-0.1, -0.05) is 13.8 Å². The standard InChI is InChI=1S/C18H25N3O3/c1-12(2)15(21-7-3-4-8-21)10-19-18(23)13-5-6-14-16(9-13)24-11-17(22)20-14/h5-6,9,12,15H,3-4,7-8,10-11H2,1-2H3,(H,19,23)(H,20,22)/t15-/m1/s1. The van der Waals surface area contributed by atoms with Crippen LogP contribution >= 0.6 is 0 Å². The van der Waals surface area contributed by atoms with Crippen molar-refractivity contribution in [2.45, 2.75) is 32.7 Å². The van der Waals surface area contributed by atoms with Gasteiger partial charge in [-0.05, 0) is 50.0 Å². The second-order valence-corrected chi connectivity index (χ2v) is 6.81. The van der Waals surface area contributed by atoms with Crippen molar-refractivity contribution in [3.63, 3.8) is 0 Å². The monoisotopic (exact) mass is 331 g/mol. The molecule has 24 heavy (non-hydrogen) atoms. The summed E-state index contributed by atoms with van der Waals surface area (Å²) in [5.41, 5.74) is 1.16. The number of ether oxygens (including phenoxy) is 1. The maximum Gasteiger partial charge on any atom is 0.262 e. The molecule has 6 heteroatoms. The zero-order chi connectivity index (χ0) is 17.1. The third kappa shape index (κ3) is 3.70. The zero-order valence-corrected chi connectivity index (χ0v) is 14.3. The Morgan fingerprint density at radius 2 is 2.08 bits per heavy atom. The third-order valence-corrected chi connectivity index (χ3v) is 4.73. The fraction of sp³-hybridized carbons (Fsp3) is 0.556. The van der Waals surface area contributed by atoms with Gasteiger partial charge in [0.1, 0.15) is 5.75 Å². The molecular formula is C18H25N3O3. The molecule has 0 bridgehead atoms. The molecule has 0 aromatic heterocycles. The van der Waals surface area contributed by atoms with Crippen LogP contribution in [-0.2, 0) is 4.79 Å². The number of anilines is 1. The molecule has 0 spiro atoms. The lowest BCUT2D eigenvalue weighted by molar-refractivity contribution is -0.118. The Morgan fingerprint density at radius 1 is 1.33 bits per heavy atom. The molecule has 1 fully saturated rings. The third-order valence-electron chi connectivity index (χ3n) is 4.73. The van der Waals surface area contributed by atoms with Crippen molar-refractivity contribution in [3.8, 4) is 5.75 Å². The van der Waals surface area contributed by atoms with E-state index in [0.717, 1.165) is 13.1 Å². The van der Waals surface area contributed by atoms with E-state index in [-0.39, 0.29) is 18.4 Å².